The van der Waals surface area contributed by atoms with Crippen LogP contribution in [0.1, 0.15) is 37.9 Å². The Balaban J connectivity index is 2.32. The van der Waals surface area contributed by atoms with Gasteiger partial charge in [0.15, 0.2) is 11.6 Å². The van der Waals surface area contributed by atoms with E-state index >= 15 is 0 Å². The molecule has 0 fully saturated rings. The van der Waals surface area contributed by atoms with Crippen molar-refractivity contribution in [3.63, 3.8) is 0 Å². The molecule has 3 rings (SSSR count). The number of halogens is 2. The smallest absolute Gasteiger partial charge is 0.315 e. The fraction of sp³-hybridized carbons (Fsp3) is 0.364. The number of benzene rings is 1. The Morgan fingerprint density at radius 2 is 1.93 bits per heavy atom. The molecule has 1 aliphatic heterocycles. The molecule has 4 unspecified atom stereocenters. The van der Waals surface area contributed by atoms with Crippen molar-refractivity contribution < 1.29 is 28.2 Å². The lowest BCUT2D eigenvalue weighted by Gasteiger charge is -2.44. The second kappa shape index (κ2) is 8.30. The van der Waals surface area contributed by atoms with Crippen molar-refractivity contribution >= 4 is 17.7 Å². The number of carboxylic acid groups (broad SMARTS) is 1. The highest BCUT2D eigenvalue weighted by Gasteiger charge is 2.56. The topological polar surface area (TPSA) is 88.9 Å². The average molecular weight is 416 g/mol. The lowest BCUT2D eigenvalue weighted by Crippen LogP contribution is -2.51. The molecule has 4 atom stereocenters. The molecule has 0 aliphatic carbocycles. The van der Waals surface area contributed by atoms with Crippen LogP contribution in [0.15, 0.2) is 47.6 Å². The summed E-state index contributed by atoms with van der Waals surface area (Å²) in [5, 5.41) is 10.2. The average Bonchev–Trinajstić information content (AvgIpc) is 2.70. The standard InChI is InChI=1S/C22H22F2N2O4/c1-4-30-21(29)16-12(2)26-22(3,15-10-5-6-11-25-15)18(20(27)28)17(16)13-8-7-9-14(23)19(13)24/h5-11,16-18H,4H2,1-3H3,(H,27,28). The van der Waals surface area contributed by atoms with Gasteiger partial charge in [-0.3, -0.25) is 19.6 Å². The van der Waals surface area contributed by atoms with E-state index in [9.17, 15) is 23.5 Å². The van der Waals surface area contributed by atoms with Crippen LogP contribution in [-0.4, -0.2) is 34.3 Å². The summed E-state index contributed by atoms with van der Waals surface area (Å²) in [6.07, 6.45) is 1.50. The molecule has 0 saturated heterocycles. The first-order chi connectivity index (χ1) is 14.2. The molecule has 2 aromatic rings. The molecule has 0 bridgehead atoms. The van der Waals surface area contributed by atoms with E-state index < -0.39 is 46.9 Å². The quantitative estimate of drug-likeness (QED) is 0.751. The van der Waals surface area contributed by atoms with Gasteiger partial charge in [-0.2, -0.15) is 0 Å². The van der Waals surface area contributed by atoms with E-state index in [1.165, 1.54) is 18.3 Å². The van der Waals surface area contributed by atoms with Gasteiger partial charge in [-0.15, -0.1) is 0 Å². The third kappa shape index (κ3) is 3.58. The van der Waals surface area contributed by atoms with Crippen molar-refractivity contribution in [3.8, 4) is 0 Å². The van der Waals surface area contributed by atoms with Crippen LogP contribution < -0.4 is 0 Å². The van der Waals surface area contributed by atoms with Gasteiger partial charge in [0, 0.05) is 17.8 Å². The van der Waals surface area contributed by atoms with Crippen molar-refractivity contribution in [1.29, 1.82) is 0 Å². The fourth-order valence-electron chi connectivity index (χ4n) is 4.27. The zero-order valence-electron chi connectivity index (χ0n) is 16.8. The number of esters is 1. The Hall–Kier alpha value is -3.16. The minimum absolute atomic E-state index is 0.0518. The monoisotopic (exact) mass is 416 g/mol. The van der Waals surface area contributed by atoms with Crippen molar-refractivity contribution in [2.75, 3.05) is 6.61 Å². The van der Waals surface area contributed by atoms with Crippen LogP contribution in [0, 0.1) is 23.5 Å². The molecule has 30 heavy (non-hydrogen) atoms. The van der Waals surface area contributed by atoms with Gasteiger partial charge < -0.3 is 9.84 Å². The highest BCUT2D eigenvalue weighted by molar-refractivity contribution is 6.04. The number of pyridine rings is 1. The predicted molar refractivity (Wildman–Crippen MR) is 105 cm³/mol. The Morgan fingerprint density at radius 1 is 1.20 bits per heavy atom. The van der Waals surface area contributed by atoms with Gasteiger partial charge in [-0.05, 0) is 44.5 Å². The van der Waals surface area contributed by atoms with Gasteiger partial charge in [-0.1, -0.05) is 18.2 Å². The Bertz CT molecular complexity index is 996. The van der Waals surface area contributed by atoms with Gasteiger partial charge in [-0.25, -0.2) is 8.78 Å². The number of hydrogen-bond acceptors (Lipinski definition) is 5. The Morgan fingerprint density at radius 3 is 2.53 bits per heavy atom. The van der Waals surface area contributed by atoms with E-state index in [0.29, 0.717) is 5.69 Å². The molecule has 8 heteroatoms. The Kier molecular flexibility index (Phi) is 5.96. The molecule has 1 aliphatic rings. The summed E-state index contributed by atoms with van der Waals surface area (Å²) in [6, 6.07) is 8.50. The number of carbonyl (C=O) groups excluding carboxylic acids is 1. The van der Waals surface area contributed by atoms with Crippen LogP contribution in [0.3, 0.4) is 0 Å². The molecule has 1 aromatic carbocycles. The number of rotatable bonds is 5. The number of aliphatic imine (C=N–C) groups is 1. The van der Waals surface area contributed by atoms with Crippen LogP contribution in [0.25, 0.3) is 0 Å². The SMILES string of the molecule is CCOC(=O)C1C(C)=NC(C)(c2ccccn2)C(C(=O)O)C1c1cccc(F)c1F. The van der Waals surface area contributed by atoms with E-state index in [4.69, 9.17) is 4.74 Å². The largest absolute Gasteiger partial charge is 0.481 e. The highest BCUT2D eigenvalue weighted by atomic mass is 19.2. The van der Waals surface area contributed by atoms with Gasteiger partial charge in [0.05, 0.1) is 18.2 Å². The maximum Gasteiger partial charge on any atom is 0.315 e. The van der Waals surface area contributed by atoms with Crippen LogP contribution in [-0.2, 0) is 19.9 Å². The van der Waals surface area contributed by atoms with Crippen molar-refractivity contribution in [3.05, 3.63) is 65.5 Å². The summed E-state index contributed by atoms with van der Waals surface area (Å²) in [4.78, 5) is 34.1. The van der Waals surface area contributed by atoms with Crippen molar-refractivity contribution in [2.45, 2.75) is 32.2 Å². The van der Waals surface area contributed by atoms with Crippen molar-refractivity contribution in [2.24, 2.45) is 16.8 Å². The predicted octanol–water partition coefficient (Wildman–Crippen LogP) is 3.71. The molecule has 0 spiro atoms. The Labute approximate surface area is 172 Å². The van der Waals surface area contributed by atoms with Crippen LogP contribution in [0.5, 0.6) is 0 Å². The normalized spacial score (nSPS) is 26.0. The molecule has 1 N–H and O–H groups in total. The number of carboxylic acids is 1. The molecule has 1 aromatic heterocycles. The molecular formula is C22H22F2N2O4. The van der Waals surface area contributed by atoms with Gasteiger partial charge in [0.1, 0.15) is 11.5 Å². The number of aromatic nitrogens is 1. The zero-order valence-corrected chi connectivity index (χ0v) is 16.8. The number of nitrogens with zero attached hydrogens (tertiary/aromatic N) is 2. The lowest BCUT2D eigenvalue weighted by atomic mass is 9.64. The highest BCUT2D eigenvalue weighted by Crippen LogP contribution is 2.50. The summed E-state index contributed by atoms with van der Waals surface area (Å²) < 4.78 is 34.1. The van der Waals surface area contributed by atoms with Crippen molar-refractivity contribution in [1.82, 2.24) is 4.98 Å². The second-order valence-electron chi connectivity index (χ2n) is 7.33. The van der Waals surface area contributed by atoms with Gasteiger partial charge in [0.2, 0.25) is 0 Å². The van der Waals surface area contributed by atoms with E-state index in [2.05, 4.69) is 9.98 Å². The summed E-state index contributed by atoms with van der Waals surface area (Å²) >= 11 is 0. The minimum atomic E-state index is -1.41. The lowest BCUT2D eigenvalue weighted by molar-refractivity contribution is -0.151. The van der Waals surface area contributed by atoms with E-state index in [1.54, 1.807) is 39.0 Å². The molecule has 2 heterocycles. The van der Waals surface area contributed by atoms with Gasteiger partial charge >= 0.3 is 11.9 Å². The molecule has 0 radical (unpaired) electrons. The van der Waals surface area contributed by atoms with Crippen LogP contribution in [0.4, 0.5) is 8.78 Å². The molecular weight excluding hydrogens is 394 g/mol. The maximum atomic E-state index is 14.9. The maximum absolute atomic E-state index is 14.9. The molecule has 6 nitrogen and oxygen atoms in total. The van der Waals surface area contributed by atoms with Crippen LogP contribution in [0.2, 0.25) is 0 Å². The number of carbonyl (C=O) groups is 2. The summed E-state index contributed by atoms with van der Waals surface area (Å²) in [7, 11) is 0. The summed E-state index contributed by atoms with van der Waals surface area (Å²) in [6.45, 7) is 4.79. The third-order valence-corrected chi connectivity index (χ3v) is 5.51. The van der Waals surface area contributed by atoms with E-state index in [1.807, 2.05) is 0 Å². The first-order valence-electron chi connectivity index (χ1n) is 9.53. The minimum Gasteiger partial charge on any atom is -0.481 e. The molecule has 0 amide bonds. The number of ether oxygens (including phenoxy) is 1. The second-order valence-corrected chi connectivity index (χ2v) is 7.33. The first kappa shape index (κ1) is 21.5. The first-order valence-corrected chi connectivity index (χ1v) is 9.53. The summed E-state index contributed by atoms with van der Waals surface area (Å²) in [5.41, 5.74) is -1.01. The fourth-order valence-corrected chi connectivity index (χ4v) is 4.27. The molecule has 0 saturated carbocycles. The molecule has 158 valence electrons. The number of aliphatic carboxylic acids is 1. The van der Waals surface area contributed by atoms with Gasteiger partial charge in [0.25, 0.3) is 0 Å². The third-order valence-electron chi connectivity index (χ3n) is 5.51. The number of hydrogen-bond donors (Lipinski definition) is 1. The van der Waals surface area contributed by atoms with E-state index in [-0.39, 0.29) is 17.9 Å². The summed E-state index contributed by atoms with van der Waals surface area (Å²) in [5.74, 6) is -8.19. The van der Waals surface area contributed by atoms with Crippen LogP contribution >= 0.6 is 0 Å². The zero-order chi connectivity index (χ0) is 22.1. The van der Waals surface area contributed by atoms with E-state index in [0.717, 1.165) is 6.07 Å².